The molecule has 2 heterocycles. The van der Waals surface area contributed by atoms with Gasteiger partial charge in [0.2, 0.25) is 0 Å². The number of hydrogen-bond acceptors (Lipinski definition) is 5. The predicted octanol–water partition coefficient (Wildman–Crippen LogP) is 2.12. The van der Waals surface area contributed by atoms with E-state index < -0.39 is 0 Å². The molecule has 0 bridgehead atoms. The molecule has 2 aromatic heterocycles. The molecule has 3 rings (SSSR count). The van der Waals surface area contributed by atoms with Crippen LogP contribution in [-0.4, -0.2) is 37.1 Å². The molecule has 3 aromatic rings. The van der Waals surface area contributed by atoms with Crippen LogP contribution in [0.15, 0.2) is 36.7 Å². The molecule has 0 atom stereocenters. The van der Waals surface area contributed by atoms with Crippen molar-refractivity contribution in [3.05, 3.63) is 48.0 Å². The number of hydrogen-bond donors (Lipinski definition) is 1. The van der Waals surface area contributed by atoms with Gasteiger partial charge in [0.1, 0.15) is 6.33 Å². The molecule has 1 amide bonds. The van der Waals surface area contributed by atoms with Gasteiger partial charge >= 0.3 is 6.01 Å². The lowest BCUT2D eigenvalue weighted by Gasteiger charge is -2.06. The molecule has 8 nitrogen and oxygen atoms in total. The maximum atomic E-state index is 12.1. The minimum atomic E-state index is -0.280. The molecule has 0 unspecified atom stereocenters. The summed E-state index contributed by atoms with van der Waals surface area (Å²) in [6, 6.07) is 9.70. The molecule has 0 aliphatic carbocycles. The van der Waals surface area contributed by atoms with Crippen LogP contribution in [0.2, 0.25) is 0 Å². The zero-order valence-corrected chi connectivity index (χ0v) is 14.4. The van der Waals surface area contributed by atoms with Gasteiger partial charge in [-0.25, -0.2) is 4.68 Å². The Morgan fingerprint density at radius 3 is 2.64 bits per heavy atom. The standard InChI is InChI=1S/C17H20N6O2/c1-4-22-13(3)16(12(2)20-22)19-15(24)10-25-17-18-11-23(21-17)14-8-6-5-7-9-14/h5-9,11H,4,10H2,1-3H3,(H,19,24). The second-order valence-corrected chi connectivity index (χ2v) is 5.51. The molecular weight excluding hydrogens is 320 g/mol. The Labute approximate surface area is 145 Å². The summed E-state index contributed by atoms with van der Waals surface area (Å²) in [5, 5.41) is 11.4. The van der Waals surface area contributed by atoms with Crippen molar-refractivity contribution in [2.24, 2.45) is 0 Å². The number of ether oxygens (including phenoxy) is 1. The number of aromatic nitrogens is 5. The Morgan fingerprint density at radius 1 is 1.20 bits per heavy atom. The number of carbonyl (C=O) groups is 1. The predicted molar refractivity (Wildman–Crippen MR) is 92.9 cm³/mol. The van der Waals surface area contributed by atoms with Crippen molar-refractivity contribution < 1.29 is 9.53 Å². The molecule has 0 radical (unpaired) electrons. The highest BCUT2D eigenvalue weighted by atomic mass is 16.5. The van der Waals surface area contributed by atoms with E-state index in [2.05, 4.69) is 20.5 Å². The summed E-state index contributed by atoms with van der Waals surface area (Å²) in [5.74, 6) is -0.280. The molecule has 0 aliphatic heterocycles. The van der Waals surface area contributed by atoms with Gasteiger partial charge in [0.25, 0.3) is 5.91 Å². The monoisotopic (exact) mass is 340 g/mol. The van der Waals surface area contributed by atoms with Crippen LogP contribution in [0.4, 0.5) is 5.69 Å². The van der Waals surface area contributed by atoms with Gasteiger partial charge in [-0.15, -0.1) is 5.10 Å². The van der Waals surface area contributed by atoms with Crippen LogP contribution >= 0.6 is 0 Å². The van der Waals surface area contributed by atoms with Gasteiger partial charge < -0.3 is 10.1 Å². The first kappa shape index (κ1) is 16.7. The fourth-order valence-corrected chi connectivity index (χ4v) is 2.51. The number of nitrogens with zero attached hydrogens (tertiary/aromatic N) is 5. The zero-order chi connectivity index (χ0) is 17.8. The summed E-state index contributed by atoms with van der Waals surface area (Å²) in [6.07, 6.45) is 1.54. The molecule has 130 valence electrons. The van der Waals surface area contributed by atoms with E-state index in [0.717, 1.165) is 29.3 Å². The topological polar surface area (TPSA) is 86.9 Å². The lowest BCUT2D eigenvalue weighted by atomic mass is 10.3. The van der Waals surface area contributed by atoms with Crippen molar-refractivity contribution in [2.75, 3.05) is 11.9 Å². The highest BCUT2D eigenvalue weighted by Crippen LogP contribution is 2.19. The third-order valence-electron chi connectivity index (χ3n) is 3.77. The molecule has 8 heteroatoms. The first-order chi connectivity index (χ1) is 12.1. The average Bonchev–Trinajstić information content (AvgIpc) is 3.21. The van der Waals surface area contributed by atoms with Crippen molar-refractivity contribution in [3.8, 4) is 11.7 Å². The summed E-state index contributed by atoms with van der Waals surface area (Å²) >= 11 is 0. The molecule has 0 saturated carbocycles. The van der Waals surface area contributed by atoms with E-state index in [0.29, 0.717) is 0 Å². The Kier molecular flexibility index (Phi) is 4.78. The van der Waals surface area contributed by atoms with Gasteiger partial charge in [-0.2, -0.15) is 10.1 Å². The minimum Gasteiger partial charge on any atom is -0.452 e. The molecule has 0 aliphatic rings. The third kappa shape index (κ3) is 3.68. The molecular formula is C17H20N6O2. The quantitative estimate of drug-likeness (QED) is 0.743. The number of anilines is 1. The molecule has 25 heavy (non-hydrogen) atoms. The number of aryl methyl sites for hydroxylation is 2. The van der Waals surface area contributed by atoms with Gasteiger partial charge in [0.15, 0.2) is 6.61 Å². The van der Waals surface area contributed by atoms with E-state index in [1.165, 1.54) is 0 Å². The minimum absolute atomic E-state index is 0.150. The Bertz CT molecular complexity index is 869. The smallest absolute Gasteiger partial charge is 0.336 e. The Balaban J connectivity index is 1.60. The summed E-state index contributed by atoms with van der Waals surface area (Å²) in [5.41, 5.74) is 3.28. The fourth-order valence-electron chi connectivity index (χ4n) is 2.51. The van der Waals surface area contributed by atoms with E-state index in [9.17, 15) is 4.79 Å². The number of carbonyl (C=O) groups excluding carboxylic acids is 1. The molecule has 1 aromatic carbocycles. The van der Waals surface area contributed by atoms with Crippen molar-refractivity contribution >= 4 is 11.6 Å². The summed E-state index contributed by atoms with van der Waals surface area (Å²) in [7, 11) is 0. The van der Waals surface area contributed by atoms with Crippen molar-refractivity contribution in [3.63, 3.8) is 0 Å². The fraction of sp³-hybridized carbons (Fsp3) is 0.294. The largest absolute Gasteiger partial charge is 0.452 e. The van der Waals surface area contributed by atoms with Crippen LogP contribution in [0.1, 0.15) is 18.3 Å². The zero-order valence-electron chi connectivity index (χ0n) is 14.4. The van der Waals surface area contributed by atoms with Gasteiger partial charge in [-0.1, -0.05) is 18.2 Å². The van der Waals surface area contributed by atoms with Crippen molar-refractivity contribution in [2.45, 2.75) is 27.3 Å². The second-order valence-electron chi connectivity index (χ2n) is 5.51. The number of rotatable bonds is 6. The van der Waals surface area contributed by atoms with E-state index >= 15 is 0 Å². The maximum Gasteiger partial charge on any atom is 0.336 e. The van der Waals surface area contributed by atoms with Gasteiger partial charge in [0, 0.05) is 6.54 Å². The average molecular weight is 340 g/mol. The van der Waals surface area contributed by atoms with Crippen molar-refractivity contribution in [1.29, 1.82) is 0 Å². The van der Waals surface area contributed by atoms with Crippen LogP contribution in [0.3, 0.4) is 0 Å². The van der Waals surface area contributed by atoms with E-state index in [4.69, 9.17) is 4.74 Å². The number of nitrogens with one attached hydrogen (secondary N) is 1. The van der Waals surface area contributed by atoms with E-state index in [1.807, 2.05) is 55.8 Å². The van der Waals surface area contributed by atoms with Crippen LogP contribution < -0.4 is 10.1 Å². The first-order valence-electron chi connectivity index (χ1n) is 8.02. The molecule has 0 spiro atoms. The molecule has 0 saturated heterocycles. The Morgan fingerprint density at radius 2 is 1.96 bits per heavy atom. The Hall–Kier alpha value is -3.16. The molecule has 0 fully saturated rings. The lowest BCUT2D eigenvalue weighted by Crippen LogP contribution is -2.21. The summed E-state index contributed by atoms with van der Waals surface area (Å²) in [4.78, 5) is 16.2. The van der Waals surface area contributed by atoms with Crippen LogP contribution in [-0.2, 0) is 11.3 Å². The summed E-state index contributed by atoms with van der Waals surface area (Å²) in [6.45, 7) is 6.36. The van der Waals surface area contributed by atoms with Crippen molar-refractivity contribution in [1.82, 2.24) is 24.5 Å². The number of para-hydroxylation sites is 1. The summed E-state index contributed by atoms with van der Waals surface area (Å²) < 4.78 is 8.80. The van der Waals surface area contributed by atoms with Gasteiger partial charge in [-0.05, 0) is 32.9 Å². The third-order valence-corrected chi connectivity index (χ3v) is 3.77. The highest BCUT2D eigenvalue weighted by molar-refractivity contribution is 5.92. The van der Waals surface area contributed by atoms with Gasteiger partial charge in [-0.3, -0.25) is 9.48 Å². The maximum absolute atomic E-state index is 12.1. The lowest BCUT2D eigenvalue weighted by molar-refractivity contribution is -0.118. The number of benzene rings is 1. The SMILES string of the molecule is CCn1nc(C)c(NC(=O)COc2ncn(-c3ccccc3)n2)c1C. The molecule has 1 N–H and O–H groups in total. The number of amides is 1. The first-order valence-corrected chi connectivity index (χ1v) is 8.02. The second kappa shape index (κ2) is 7.16. The normalized spacial score (nSPS) is 10.7. The van der Waals surface area contributed by atoms with E-state index in [1.54, 1.807) is 11.0 Å². The van der Waals surface area contributed by atoms with Crippen LogP contribution in [0.5, 0.6) is 6.01 Å². The highest BCUT2D eigenvalue weighted by Gasteiger charge is 2.14. The van der Waals surface area contributed by atoms with Gasteiger partial charge in [0.05, 0.1) is 22.8 Å². The van der Waals surface area contributed by atoms with E-state index in [-0.39, 0.29) is 18.5 Å². The van der Waals surface area contributed by atoms with Crippen LogP contribution in [0.25, 0.3) is 5.69 Å². The van der Waals surface area contributed by atoms with Crippen LogP contribution in [0, 0.1) is 13.8 Å².